The smallest absolute Gasteiger partial charge is 0.258 e. The van der Waals surface area contributed by atoms with Crippen LogP contribution in [0.5, 0.6) is 11.6 Å². The number of nitrogens with zero attached hydrogens (tertiary/aromatic N) is 4. The number of ether oxygens (including phenoxy) is 2. The molecule has 2 aromatic heterocycles. The Bertz CT molecular complexity index is 1410. The van der Waals surface area contributed by atoms with Gasteiger partial charge in [0.25, 0.3) is 5.91 Å². The number of hydrogen-bond donors (Lipinski definition) is 2. The number of likely N-dealkylation sites (tertiary alicyclic amines) is 1. The van der Waals surface area contributed by atoms with Crippen LogP contribution in [0.25, 0.3) is 11.0 Å². The lowest BCUT2D eigenvalue weighted by Gasteiger charge is -2.30. The number of fused-ring (bicyclic) bond motifs is 1. The molecule has 1 unspecified atom stereocenters. The van der Waals surface area contributed by atoms with Crippen molar-refractivity contribution in [3.63, 3.8) is 0 Å². The normalized spacial score (nSPS) is 21.5. The van der Waals surface area contributed by atoms with E-state index in [-0.39, 0.29) is 24.0 Å². The van der Waals surface area contributed by atoms with Crippen molar-refractivity contribution >= 4 is 52.3 Å². The predicted octanol–water partition coefficient (Wildman–Crippen LogP) is 4.72. The van der Waals surface area contributed by atoms with E-state index in [1.54, 1.807) is 29.0 Å². The van der Waals surface area contributed by atoms with Crippen molar-refractivity contribution in [2.75, 3.05) is 37.8 Å². The van der Waals surface area contributed by atoms with E-state index in [1.807, 2.05) is 16.7 Å². The van der Waals surface area contributed by atoms with Gasteiger partial charge in [0.15, 0.2) is 0 Å². The van der Waals surface area contributed by atoms with Crippen molar-refractivity contribution in [1.29, 1.82) is 0 Å². The number of imidazole rings is 1. The summed E-state index contributed by atoms with van der Waals surface area (Å²) in [6.07, 6.45) is 5.36. The van der Waals surface area contributed by atoms with Gasteiger partial charge in [-0.3, -0.25) is 19.6 Å². The Labute approximate surface area is 242 Å². The molecule has 2 aliphatic rings. The molecule has 0 aliphatic carbocycles. The van der Waals surface area contributed by atoms with Gasteiger partial charge in [-0.15, -0.1) is 0 Å². The molecule has 0 saturated carbocycles. The average Bonchev–Trinajstić information content (AvgIpc) is 3.16. The van der Waals surface area contributed by atoms with Crippen LogP contribution in [-0.4, -0.2) is 69.9 Å². The van der Waals surface area contributed by atoms with Crippen LogP contribution in [0, 0.1) is 5.92 Å². The minimum absolute atomic E-state index is 0.0352. The third-order valence-electron chi connectivity index (χ3n) is 7.33. The number of pyridine rings is 1. The van der Waals surface area contributed by atoms with Crippen LogP contribution >= 0.6 is 23.5 Å². The Morgan fingerprint density at radius 2 is 2.15 bits per heavy atom. The Kier molecular flexibility index (Phi) is 8.82. The largest absolute Gasteiger partial charge is 0.487 e. The van der Waals surface area contributed by atoms with Gasteiger partial charge in [-0.1, -0.05) is 37.1 Å². The second kappa shape index (κ2) is 12.5. The van der Waals surface area contributed by atoms with Crippen LogP contribution in [0.3, 0.4) is 0 Å². The molecule has 5 rings (SSSR count). The third kappa shape index (κ3) is 5.91. The summed E-state index contributed by atoms with van der Waals surface area (Å²) in [7, 11) is 1.50. The van der Waals surface area contributed by atoms with Crippen molar-refractivity contribution in [2.24, 2.45) is 5.92 Å². The van der Waals surface area contributed by atoms with Gasteiger partial charge in [-0.25, -0.2) is 9.97 Å². The quantitative estimate of drug-likeness (QED) is 0.303. The maximum absolute atomic E-state index is 13.3. The first kappa shape index (κ1) is 28.3. The summed E-state index contributed by atoms with van der Waals surface area (Å²) in [4.78, 5) is 36.6. The molecular weight excluding hydrogens is 552 g/mol. The average molecular weight is 585 g/mol. The Balaban J connectivity index is 1.57. The fourth-order valence-corrected chi connectivity index (χ4v) is 6.29. The zero-order valence-corrected chi connectivity index (χ0v) is 24.1. The molecule has 4 heterocycles. The number of aromatic nitrogens is 3. The van der Waals surface area contributed by atoms with E-state index in [0.29, 0.717) is 64.7 Å². The summed E-state index contributed by atoms with van der Waals surface area (Å²) >= 11 is 8.75. The number of benzene rings is 1. The van der Waals surface area contributed by atoms with Crippen LogP contribution in [0.1, 0.15) is 42.6 Å². The van der Waals surface area contributed by atoms with Crippen LogP contribution < -0.4 is 19.5 Å². The molecule has 0 bridgehead atoms. The summed E-state index contributed by atoms with van der Waals surface area (Å²) in [5.74, 6) is 2.03. The molecule has 40 heavy (non-hydrogen) atoms. The Morgan fingerprint density at radius 1 is 1.30 bits per heavy atom. The molecule has 3 aromatic rings. The van der Waals surface area contributed by atoms with Crippen LogP contribution in [-0.2, 0) is 4.79 Å². The van der Waals surface area contributed by atoms with Gasteiger partial charge in [-0.05, 0) is 43.5 Å². The summed E-state index contributed by atoms with van der Waals surface area (Å²) in [6.45, 7) is 7.61. The highest BCUT2D eigenvalue weighted by atomic mass is 35.5. The lowest BCUT2D eigenvalue weighted by atomic mass is 10.1. The zero-order chi connectivity index (χ0) is 28.2. The Morgan fingerprint density at radius 3 is 2.92 bits per heavy atom. The van der Waals surface area contributed by atoms with E-state index in [1.165, 1.54) is 19.4 Å². The molecule has 3 atom stereocenters. The summed E-state index contributed by atoms with van der Waals surface area (Å²) in [5.41, 5.74) is 1.66. The number of hydrogen-bond acceptors (Lipinski definition) is 8. The van der Waals surface area contributed by atoms with Crippen molar-refractivity contribution in [1.82, 2.24) is 24.2 Å². The van der Waals surface area contributed by atoms with Gasteiger partial charge in [0.05, 0.1) is 24.2 Å². The molecular formula is C28H33ClN6O4S. The highest BCUT2D eigenvalue weighted by molar-refractivity contribution is 7.97. The number of rotatable bonds is 7. The molecule has 10 nitrogen and oxygen atoms in total. The highest BCUT2D eigenvalue weighted by Gasteiger charge is 2.30. The summed E-state index contributed by atoms with van der Waals surface area (Å²) < 4.78 is 16.8. The van der Waals surface area contributed by atoms with Gasteiger partial charge in [-0.2, -0.15) is 0 Å². The molecule has 0 spiro atoms. The van der Waals surface area contributed by atoms with Crippen molar-refractivity contribution in [2.45, 2.75) is 38.3 Å². The maximum atomic E-state index is 13.3. The van der Waals surface area contributed by atoms with Crippen LogP contribution in [0.2, 0.25) is 5.02 Å². The van der Waals surface area contributed by atoms with Crippen LogP contribution in [0.4, 0.5) is 5.95 Å². The van der Waals surface area contributed by atoms with Gasteiger partial charge in [0.2, 0.25) is 17.7 Å². The molecule has 0 radical (unpaired) electrons. The molecule has 2 saturated heterocycles. The van der Waals surface area contributed by atoms with E-state index in [4.69, 9.17) is 26.1 Å². The monoisotopic (exact) mass is 584 g/mol. The van der Waals surface area contributed by atoms with Gasteiger partial charge in [0.1, 0.15) is 16.9 Å². The third-order valence-corrected chi connectivity index (χ3v) is 8.76. The van der Waals surface area contributed by atoms with Gasteiger partial charge >= 0.3 is 0 Å². The minimum Gasteiger partial charge on any atom is -0.487 e. The molecule has 2 N–H and O–H groups in total. The van der Waals surface area contributed by atoms with Crippen LogP contribution in [0.15, 0.2) is 43.1 Å². The van der Waals surface area contributed by atoms with Crippen molar-refractivity contribution < 1.29 is 19.1 Å². The van der Waals surface area contributed by atoms with E-state index in [2.05, 4.69) is 28.5 Å². The number of nitrogens with one attached hydrogen (secondary N) is 2. The molecule has 2 amide bonds. The minimum atomic E-state index is -0.364. The number of carbonyl (C=O) groups excluding carboxylic acids is 2. The number of methoxy groups -OCH3 is 1. The van der Waals surface area contributed by atoms with E-state index in [9.17, 15) is 9.59 Å². The predicted molar refractivity (Wildman–Crippen MR) is 157 cm³/mol. The van der Waals surface area contributed by atoms with E-state index < -0.39 is 0 Å². The van der Waals surface area contributed by atoms with E-state index in [0.717, 1.165) is 25.0 Å². The fourth-order valence-electron chi connectivity index (χ4n) is 5.12. The molecule has 2 aliphatic heterocycles. The number of carbonyl (C=O) groups is 2. The number of anilines is 1. The molecule has 12 heteroatoms. The van der Waals surface area contributed by atoms with Crippen molar-refractivity contribution in [3.05, 3.63) is 53.7 Å². The first-order chi connectivity index (χ1) is 19.4. The zero-order valence-electron chi connectivity index (χ0n) is 22.6. The summed E-state index contributed by atoms with van der Waals surface area (Å²) in [5, 5.41) is 3.40. The first-order valence-corrected chi connectivity index (χ1v) is 14.7. The lowest BCUT2D eigenvalue weighted by Crippen LogP contribution is -2.40. The molecule has 2 fully saturated rings. The SMILES string of the molecule is C=CC(=O)N1CCCC[C@@H](n2c(NC(=O)c3ccnc(OC)c3)nc3ccc(O[C@@H]4CNSCC4C)c(Cl)c32)C1. The second-order valence-electron chi connectivity index (χ2n) is 10.0. The first-order valence-electron chi connectivity index (χ1n) is 13.3. The molecule has 212 valence electrons. The highest BCUT2D eigenvalue weighted by Crippen LogP contribution is 2.39. The van der Waals surface area contributed by atoms with Crippen molar-refractivity contribution in [3.8, 4) is 11.6 Å². The Hall–Kier alpha value is -3.28. The molecule has 1 aromatic carbocycles. The lowest BCUT2D eigenvalue weighted by molar-refractivity contribution is -0.126. The van der Waals surface area contributed by atoms with Gasteiger partial charge in [0, 0.05) is 49.1 Å². The topological polar surface area (TPSA) is 111 Å². The second-order valence-corrected chi connectivity index (χ2v) is 11.3. The van der Waals surface area contributed by atoms with E-state index >= 15 is 0 Å². The fraction of sp³-hybridized carbons (Fsp3) is 0.429. The maximum Gasteiger partial charge on any atom is 0.258 e. The number of halogens is 1. The summed E-state index contributed by atoms with van der Waals surface area (Å²) in [6, 6.07) is 6.68. The number of amides is 2. The van der Waals surface area contributed by atoms with Gasteiger partial charge < -0.3 is 18.9 Å². The standard InChI is InChI=1S/C28H33ClN6O4S/c1-4-24(36)34-12-6-5-7-19(15-34)35-26-20(8-9-21(25(26)29)39-22-14-31-40-16-17(22)2)32-28(35)33-27(37)18-10-11-30-23(13-18)38-3/h4,8-11,13,17,19,22,31H,1,5-7,12,14-16H2,2-3H3,(H,32,33,37)/t17?,19-,22-/m1/s1.